The Balaban J connectivity index is 2.72. The third kappa shape index (κ3) is 3.05. The number of ether oxygens (including phenoxy) is 1. The van der Waals surface area contributed by atoms with Crippen LogP contribution in [-0.4, -0.2) is 20.3 Å². The molecule has 76 valence electrons. The van der Waals surface area contributed by atoms with Crippen LogP contribution in [0, 0.1) is 0 Å². The van der Waals surface area contributed by atoms with Gasteiger partial charge in [-0.25, -0.2) is 0 Å². The van der Waals surface area contributed by atoms with Gasteiger partial charge in [-0.2, -0.15) is 0 Å². The van der Waals surface area contributed by atoms with Crippen molar-refractivity contribution in [2.75, 3.05) is 25.6 Å². The summed E-state index contributed by atoms with van der Waals surface area (Å²) in [5.41, 5.74) is 2.04. The quantitative estimate of drug-likeness (QED) is 0.756. The van der Waals surface area contributed by atoms with Gasteiger partial charge < -0.3 is 10.1 Å². The topological polar surface area (TPSA) is 21.3 Å². The number of methoxy groups -OCH3 is 1. The molecule has 0 aliphatic carbocycles. The molecule has 0 aromatic heterocycles. The fourth-order valence-corrected chi connectivity index (χ4v) is 1.32. The van der Waals surface area contributed by atoms with E-state index in [0.29, 0.717) is 6.61 Å². The normalized spacial score (nSPS) is 9.86. The van der Waals surface area contributed by atoms with E-state index in [1.807, 2.05) is 18.2 Å². The van der Waals surface area contributed by atoms with E-state index >= 15 is 0 Å². The predicted molar refractivity (Wildman–Crippen MR) is 61.9 cm³/mol. The number of rotatable bonds is 5. The molecule has 0 bridgehead atoms. The maximum absolute atomic E-state index is 5.88. The summed E-state index contributed by atoms with van der Waals surface area (Å²) in [5, 5.41) is 3.94. The summed E-state index contributed by atoms with van der Waals surface area (Å²) in [7, 11) is 1.67. The van der Waals surface area contributed by atoms with E-state index in [9.17, 15) is 0 Å². The molecule has 0 saturated heterocycles. The molecular formula is C11H14ClNO. The van der Waals surface area contributed by atoms with Crippen LogP contribution in [0.5, 0.6) is 0 Å². The maximum atomic E-state index is 5.88. The Kier molecular flexibility index (Phi) is 4.50. The SMILES string of the molecule is C=Cc1ccc(Cl)cc1NCCOC. The van der Waals surface area contributed by atoms with Crippen LogP contribution in [0.2, 0.25) is 5.02 Å². The lowest BCUT2D eigenvalue weighted by Gasteiger charge is -2.09. The van der Waals surface area contributed by atoms with Gasteiger partial charge in [0.2, 0.25) is 0 Å². The summed E-state index contributed by atoms with van der Waals surface area (Å²) >= 11 is 5.88. The average Bonchev–Trinajstić information content (AvgIpc) is 2.19. The largest absolute Gasteiger partial charge is 0.383 e. The number of anilines is 1. The van der Waals surface area contributed by atoms with Crippen molar-refractivity contribution in [1.82, 2.24) is 0 Å². The summed E-state index contributed by atoms with van der Waals surface area (Å²) < 4.78 is 4.95. The second kappa shape index (κ2) is 5.68. The van der Waals surface area contributed by atoms with E-state index < -0.39 is 0 Å². The number of halogens is 1. The van der Waals surface area contributed by atoms with Crippen LogP contribution in [0.1, 0.15) is 5.56 Å². The van der Waals surface area contributed by atoms with Crippen LogP contribution in [0.3, 0.4) is 0 Å². The Morgan fingerprint density at radius 2 is 2.36 bits per heavy atom. The zero-order valence-corrected chi connectivity index (χ0v) is 8.97. The van der Waals surface area contributed by atoms with Gasteiger partial charge >= 0.3 is 0 Å². The van der Waals surface area contributed by atoms with Gasteiger partial charge in [-0.1, -0.05) is 30.3 Å². The van der Waals surface area contributed by atoms with Gasteiger partial charge in [0.15, 0.2) is 0 Å². The van der Waals surface area contributed by atoms with Crippen LogP contribution in [0.15, 0.2) is 24.8 Å². The van der Waals surface area contributed by atoms with Gasteiger partial charge in [0.25, 0.3) is 0 Å². The molecule has 0 aliphatic heterocycles. The number of nitrogens with one attached hydrogen (secondary N) is 1. The zero-order valence-electron chi connectivity index (χ0n) is 8.22. The highest BCUT2D eigenvalue weighted by Crippen LogP contribution is 2.21. The first kappa shape index (κ1) is 11.1. The molecule has 1 aromatic carbocycles. The average molecular weight is 212 g/mol. The van der Waals surface area contributed by atoms with Crippen molar-refractivity contribution in [3.63, 3.8) is 0 Å². The Labute approximate surface area is 89.5 Å². The Morgan fingerprint density at radius 1 is 1.57 bits per heavy atom. The molecule has 2 nitrogen and oxygen atoms in total. The molecule has 0 fully saturated rings. The van der Waals surface area contributed by atoms with Gasteiger partial charge in [0, 0.05) is 24.4 Å². The second-order valence-corrected chi connectivity index (χ2v) is 3.29. The molecule has 0 amide bonds. The molecule has 14 heavy (non-hydrogen) atoms. The number of hydrogen-bond acceptors (Lipinski definition) is 2. The highest BCUT2D eigenvalue weighted by molar-refractivity contribution is 6.30. The standard InChI is InChI=1S/C11H14ClNO/c1-3-9-4-5-10(12)8-11(9)13-6-7-14-2/h3-5,8,13H,1,6-7H2,2H3. The molecule has 0 radical (unpaired) electrons. The second-order valence-electron chi connectivity index (χ2n) is 2.86. The van der Waals surface area contributed by atoms with Crippen molar-refractivity contribution in [3.8, 4) is 0 Å². The van der Waals surface area contributed by atoms with Gasteiger partial charge in [-0.15, -0.1) is 0 Å². The van der Waals surface area contributed by atoms with E-state index in [1.54, 1.807) is 13.2 Å². The lowest BCUT2D eigenvalue weighted by Crippen LogP contribution is -2.08. The number of benzene rings is 1. The first-order valence-electron chi connectivity index (χ1n) is 4.42. The van der Waals surface area contributed by atoms with Crippen molar-refractivity contribution in [3.05, 3.63) is 35.4 Å². The maximum Gasteiger partial charge on any atom is 0.0635 e. The van der Waals surface area contributed by atoms with Crippen LogP contribution in [-0.2, 0) is 4.74 Å². The van der Waals surface area contributed by atoms with Crippen molar-refractivity contribution in [2.45, 2.75) is 0 Å². The van der Waals surface area contributed by atoms with Gasteiger partial charge in [-0.3, -0.25) is 0 Å². The molecular weight excluding hydrogens is 198 g/mol. The van der Waals surface area contributed by atoms with E-state index in [4.69, 9.17) is 16.3 Å². The van der Waals surface area contributed by atoms with Crippen molar-refractivity contribution < 1.29 is 4.74 Å². The lowest BCUT2D eigenvalue weighted by atomic mass is 10.2. The molecule has 1 aromatic rings. The molecule has 0 spiro atoms. The molecule has 0 unspecified atom stereocenters. The third-order valence-corrected chi connectivity index (χ3v) is 2.09. The highest BCUT2D eigenvalue weighted by Gasteiger charge is 1.99. The summed E-state index contributed by atoms with van der Waals surface area (Å²) in [5.74, 6) is 0. The van der Waals surface area contributed by atoms with Crippen LogP contribution in [0.4, 0.5) is 5.69 Å². The van der Waals surface area contributed by atoms with Crippen molar-refractivity contribution >= 4 is 23.4 Å². The molecule has 3 heteroatoms. The lowest BCUT2D eigenvalue weighted by molar-refractivity contribution is 0.211. The van der Waals surface area contributed by atoms with Crippen LogP contribution < -0.4 is 5.32 Å². The summed E-state index contributed by atoms with van der Waals surface area (Å²) in [4.78, 5) is 0. The molecule has 1 rings (SSSR count). The molecule has 0 atom stereocenters. The molecule has 1 N–H and O–H groups in total. The third-order valence-electron chi connectivity index (χ3n) is 1.86. The summed E-state index contributed by atoms with van der Waals surface area (Å²) in [6.45, 7) is 5.17. The monoisotopic (exact) mass is 211 g/mol. The van der Waals surface area contributed by atoms with Crippen molar-refractivity contribution in [2.24, 2.45) is 0 Å². The fraction of sp³-hybridized carbons (Fsp3) is 0.273. The molecule has 0 heterocycles. The number of hydrogen-bond donors (Lipinski definition) is 1. The first-order valence-corrected chi connectivity index (χ1v) is 4.80. The minimum atomic E-state index is 0.670. The Hall–Kier alpha value is -0.990. The van der Waals surface area contributed by atoms with Crippen LogP contribution >= 0.6 is 11.6 Å². The summed E-state index contributed by atoms with van der Waals surface area (Å²) in [6, 6.07) is 5.67. The minimum absolute atomic E-state index is 0.670. The molecule has 0 aliphatic rings. The first-order chi connectivity index (χ1) is 6.77. The van der Waals surface area contributed by atoms with E-state index in [2.05, 4.69) is 11.9 Å². The smallest absolute Gasteiger partial charge is 0.0635 e. The van der Waals surface area contributed by atoms with E-state index in [-0.39, 0.29) is 0 Å². The van der Waals surface area contributed by atoms with E-state index in [1.165, 1.54) is 0 Å². The zero-order chi connectivity index (χ0) is 10.4. The molecule has 0 saturated carbocycles. The van der Waals surface area contributed by atoms with Crippen LogP contribution in [0.25, 0.3) is 6.08 Å². The fourth-order valence-electron chi connectivity index (χ4n) is 1.15. The Morgan fingerprint density at radius 3 is 3.00 bits per heavy atom. The van der Waals surface area contributed by atoms with Gasteiger partial charge in [0.05, 0.1) is 6.61 Å². The van der Waals surface area contributed by atoms with E-state index in [0.717, 1.165) is 22.8 Å². The highest BCUT2D eigenvalue weighted by atomic mass is 35.5. The van der Waals surface area contributed by atoms with Gasteiger partial charge in [-0.05, 0) is 17.7 Å². The Bertz CT molecular complexity index is 312. The predicted octanol–water partition coefficient (Wildman–Crippen LogP) is 3.04. The van der Waals surface area contributed by atoms with Gasteiger partial charge in [0.1, 0.15) is 0 Å². The van der Waals surface area contributed by atoms with Crippen molar-refractivity contribution in [1.29, 1.82) is 0 Å². The summed E-state index contributed by atoms with van der Waals surface area (Å²) in [6.07, 6.45) is 1.80. The minimum Gasteiger partial charge on any atom is -0.383 e.